The number of fused-ring (bicyclic) bond motifs is 1. The minimum absolute atomic E-state index is 0.170. The SMILES string of the molecule is Cc1cc2c(cc1NC1CCCC1)OC1(CCN(CCNC(=O)c3c(Cl)cccc3Cl)CC1)CC2=O. The van der Waals surface area contributed by atoms with Crippen molar-refractivity contribution in [1.29, 1.82) is 0 Å². The fourth-order valence-corrected chi connectivity index (χ4v) is 6.26. The van der Waals surface area contributed by atoms with Gasteiger partial charge in [0, 0.05) is 56.8 Å². The first kappa shape index (κ1) is 25.4. The van der Waals surface area contributed by atoms with Crippen LogP contribution in [0.4, 0.5) is 5.69 Å². The molecule has 8 heteroatoms. The Labute approximate surface area is 222 Å². The monoisotopic (exact) mass is 529 g/mol. The van der Waals surface area contributed by atoms with Crippen molar-refractivity contribution in [1.82, 2.24) is 10.2 Å². The molecule has 2 aromatic carbocycles. The van der Waals surface area contributed by atoms with E-state index in [1.807, 2.05) is 12.1 Å². The molecule has 1 spiro atoms. The molecule has 2 aromatic rings. The number of halogens is 2. The Morgan fingerprint density at radius 2 is 1.83 bits per heavy atom. The summed E-state index contributed by atoms with van der Waals surface area (Å²) in [5, 5.41) is 7.28. The van der Waals surface area contributed by atoms with E-state index in [4.69, 9.17) is 27.9 Å². The Morgan fingerprint density at radius 1 is 1.14 bits per heavy atom. The van der Waals surface area contributed by atoms with Crippen LogP contribution in [0, 0.1) is 6.92 Å². The van der Waals surface area contributed by atoms with Crippen LogP contribution in [0.3, 0.4) is 0 Å². The summed E-state index contributed by atoms with van der Waals surface area (Å²) in [5.74, 6) is 0.619. The van der Waals surface area contributed by atoms with E-state index in [2.05, 4.69) is 22.5 Å². The molecule has 2 aliphatic heterocycles. The smallest absolute Gasteiger partial charge is 0.254 e. The van der Waals surface area contributed by atoms with Gasteiger partial charge in [0.25, 0.3) is 5.91 Å². The van der Waals surface area contributed by atoms with Gasteiger partial charge >= 0.3 is 0 Å². The third-order valence-electron chi connectivity index (χ3n) is 7.82. The van der Waals surface area contributed by atoms with Crippen LogP contribution >= 0.6 is 23.2 Å². The fourth-order valence-electron chi connectivity index (χ4n) is 5.69. The minimum atomic E-state index is -0.450. The summed E-state index contributed by atoms with van der Waals surface area (Å²) in [5.41, 5.74) is 2.75. The van der Waals surface area contributed by atoms with E-state index < -0.39 is 5.60 Å². The number of amides is 1. The Balaban J connectivity index is 1.17. The van der Waals surface area contributed by atoms with Crippen LogP contribution in [0.1, 0.15) is 71.2 Å². The highest BCUT2D eigenvalue weighted by molar-refractivity contribution is 6.39. The molecular weight excluding hydrogens is 497 g/mol. The van der Waals surface area contributed by atoms with Crippen LogP contribution in [-0.4, -0.2) is 54.4 Å². The Bertz CT molecular complexity index is 1130. The van der Waals surface area contributed by atoms with Crippen molar-refractivity contribution in [2.75, 3.05) is 31.5 Å². The van der Waals surface area contributed by atoms with Gasteiger partial charge < -0.3 is 20.3 Å². The van der Waals surface area contributed by atoms with Crippen molar-refractivity contribution in [2.45, 2.75) is 63.5 Å². The quantitative estimate of drug-likeness (QED) is 0.488. The van der Waals surface area contributed by atoms with E-state index in [0.717, 1.165) is 42.9 Å². The zero-order valence-corrected chi connectivity index (χ0v) is 22.2. The molecule has 3 aliphatic rings. The maximum atomic E-state index is 13.1. The molecule has 0 unspecified atom stereocenters. The number of hydrogen-bond acceptors (Lipinski definition) is 5. The lowest BCUT2D eigenvalue weighted by atomic mass is 9.82. The molecule has 0 radical (unpaired) electrons. The zero-order chi connectivity index (χ0) is 25.3. The number of nitrogens with one attached hydrogen (secondary N) is 2. The summed E-state index contributed by atoms with van der Waals surface area (Å²) >= 11 is 12.3. The average molecular weight is 530 g/mol. The first-order valence-electron chi connectivity index (χ1n) is 12.9. The van der Waals surface area contributed by atoms with Gasteiger partial charge in [-0.15, -0.1) is 0 Å². The molecule has 6 nitrogen and oxygen atoms in total. The summed E-state index contributed by atoms with van der Waals surface area (Å²) in [6, 6.07) is 9.58. The Hall–Kier alpha value is -2.28. The standard InChI is InChI=1S/C28H33Cl2N3O3/c1-18-15-20-24(34)17-28(36-25(20)16-23(18)32-19-5-2-3-6-19)9-12-33(13-10-28)14-11-31-27(35)26-21(29)7-4-8-22(26)30/h4,7-8,15-16,19,32H,2-3,5-6,9-14,17H2,1H3,(H,31,35). The molecule has 1 aliphatic carbocycles. The highest BCUT2D eigenvalue weighted by Gasteiger charge is 2.43. The molecule has 192 valence electrons. The van der Waals surface area contributed by atoms with Crippen LogP contribution in [0.5, 0.6) is 5.75 Å². The first-order chi connectivity index (χ1) is 17.3. The van der Waals surface area contributed by atoms with Crippen LogP contribution < -0.4 is 15.4 Å². The molecule has 0 atom stereocenters. The molecular formula is C28H33Cl2N3O3. The first-order valence-corrected chi connectivity index (χ1v) is 13.7. The van der Waals surface area contributed by atoms with Crippen LogP contribution in [-0.2, 0) is 0 Å². The number of piperidine rings is 1. The number of likely N-dealkylation sites (tertiary alicyclic amines) is 1. The van der Waals surface area contributed by atoms with E-state index in [9.17, 15) is 9.59 Å². The molecule has 1 amide bonds. The number of ether oxygens (including phenoxy) is 1. The van der Waals surface area contributed by atoms with Gasteiger partial charge in [0.2, 0.25) is 0 Å². The number of anilines is 1. The summed E-state index contributed by atoms with van der Waals surface area (Å²) in [6.07, 6.45) is 6.92. The second kappa shape index (κ2) is 10.6. The second-order valence-electron chi connectivity index (χ2n) is 10.4. The van der Waals surface area contributed by atoms with Crippen molar-refractivity contribution in [3.63, 3.8) is 0 Å². The number of carbonyl (C=O) groups excluding carboxylic acids is 2. The van der Waals surface area contributed by atoms with Crippen LogP contribution in [0.25, 0.3) is 0 Å². The Morgan fingerprint density at radius 3 is 2.53 bits per heavy atom. The fraction of sp³-hybridized carbons (Fsp3) is 0.500. The number of hydrogen-bond donors (Lipinski definition) is 2. The van der Waals surface area contributed by atoms with Crippen molar-refractivity contribution < 1.29 is 14.3 Å². The largest absolute Gasteiger partial charge is 0.486 e. The van der Waals surface area contributed by atoms with Gasteiger partial charge in [-0.25, -0.2) is 0 Å². The third-order valence-corrected chi connectivity index (χ3v) is 8.45. The van der Waals surface area contributed by atoms with Gasteiger partial charge in [-0.05, 0) is 43.5 Å². The molecule has 1 saturated heterocycles. The molecule has 1 saturated carbocycles. The average Bonchev–Trinajstić information content (AvgIpc) is 3.35. The van der Waals surface area contributed by atoms with Gasteiger partial charge in [0.15, 0.2) is 5.78 Å². The maximum absolute atomic E-state index is 13.1. The number of aryl methyl sites for hydroxylation is 1. The van der Waals surface area contributed by atoms with E-state index in [0.29, 0.717) is 46.7 Å². The van der Waals surface area contributed by atoms with Crippen LogP contribution in [0.2, 0.25) is 10.0 Å². The van der Waals surface area contributed by atoms with Crippen molar-refractivity contribution in [3.05, 3.63) is 57.1 Å². The third kappa shape index (κ3) is 5.36. The topological polar surface area (TPSA) is 70.7 Å². The summed E-state index contributed by atoms with van der Waals surface area (Å²) in [6.45, 7) is 4.88. The molecule has 2 N–H and O–H groups in total. The van der Waals surface area contributed by atoms with Crippen molar-refractivity contribution >= 4 is 40.6 Å². The predicted molar refractivity (Wildman–Crippen MR) is 144 cm³/mol. The lowest BCUT2D eigenvalue weighted by Gasteiger charge is -2.44. The van der Waals surface area contributed by atoms with Crippen LogP contribution in [0.15, 0.2) is 30.3 Å². The van der Waals surface area contributed by atoms with Gasteiger partial charge in [0.05, 0.1) is 27.6 Å². The molecule has 2 heterocycles. The van der Waals surface area contributed by atoms with Gasteiger partial charge in [-0.1, -0.05) is 42.1 Å². The van der Waals surface area contributed by atoms with E-state index >= 15 is 0 Å². The lowest BCUT2D eigenvalue weighted by Crippen LogP contribution is -2.52. The molecule has 36 heavy (non-hydrogen) atoms. The van der Waals surface area contributed by atoms with Gasteiger partial charge in [-0.3, -0.25) is 9.59 Å². The predicted octanol–water partition coefficient (Wildman–Crippen LogP) is 5.89. The lowest BCUT2D eigenvalue weighted by molar-refractivity contribution is -0.00862. The van der Waals surface area contributed by atoms with E-state index in [-0.39, 0.29) is 11.7 Å². The Kier molecular flexibility index (Phi) is 7.47. The zero-order valence-electron chi connectivity index (χ0n) is 20.7. The number of nitrogens with zero attached hydrogens (tertiary/aromatic N) is 1. The van der Waals surface area contributed by atoms with E-state index in [1.54, 1.807) is 18.2 Å². The number of benzene rings is 2. The van der Waals surface area contributed by atoms with Gasteiger partial charge in [-0.2, -0.15) is 0 Å². The number of Topliss-reactive ketones (excluding diaryl/α,β-unsaturated/α-hetero) is 1. The summed E-state index contributed by atoms with van der Waals surface area (Å²) in [7, 11) is 0. The van der Waals surface area contributed by atoms with E-state index in [1.165, 1.54) is 25.7 Å². The van der Waals surface area contributed by atoms with Crippen molar-refractivity contribution in [2.24, 2.45) is 0 Å². The number of carbonyl (C=O) groups is 2. The molecule has 0 bridgehead atoms. The van der Waals surface area contributed by atoms with Gasteiger partial charge in [0.1, 0.15) is 11.4 Å². The molecule has 0 aromatic heterocycles. The highest BCUT2D eigenvalue weighted by Crippen LogP contribution is 2.41. The second-order valence-corrected chi connectivity index (χ2v) is 11.2. The molecule has 5 rings (SSSR count). The summed E-state index contributed by atoms with van der Waals surface area (Å²) < 4.78 is 6.58. The molecule has 2 fully saturated rings. The number of ketones is 1. The summed E-state index contributed by atoms with van der Waals surface area (Å²) in [4.78, 5) is 27.9. The number of rotatable bonds is 6. The maximum Gasteiger partial charge on any atom is 0.254 e. The highest BCUT2D eigenvalue weighted by atomic mass is 35.5. The minimum Gasteiger partial charge on any atom is -0.486 e. The van der Waals surface area contributed by atoms with Crippen molar-refractivity contribution in [3.8, 4) is 5.75 Å². The normalized spacial score (nSPS) is 19.7.